The summed E-state index contributed by atoms with van der Waals surface area (Å²) in [5.41, 5.74) is 10.3. The number of rotatable bonds is 3. The number of amides is 1. The fourth-order valence-electron chi connectivity index (χ4n) is 2.52. The second-order valence-electron chi connectivity index (χ2n) is 5.58. The van der Waals surface area contributed by atoms with E-state index in [9.17, 15) is 4.79 Å². The number of nitrogens with one attached hydrogen (secondary N) is 1. The summed E-state index contributed by atoms with van der Waals surface area (Å²) in [6, 6.07) is 5.70. The maximum absolute atomic E-state index is 12.5. The van der Waals surface area contributed by atoms with E-state index in [4.69, 9.17) is 5.73 Å². The Morgan fingerprint density at radius 2 is 1.95 bits per heavy atom. The third kappa shape index (κ3) is 2.77. The first-order chi connectivity index (χ1) is 9.82. The molecule has 3 N–H and O–H groups in total. The Morgan fingerprint density at radius 3 is 2.48 bits per heavy atom. The number of hydrogen-bond donors (Lipinski definition) is 2. The molecule has 112 valence electrons. The Kier molecular flexibility index (Phi) is 4.02. The molecule has 0 unspecified atom stereocenters. The number of carbonyl (C=O) groups excluding carboxylic acids is 1. The molecular formula is C16H22N4O. The van der Waals surface area contributed by atoms with Crippen LogP contribution in [0.1, 0.15) is 47.2 Å². The van der Waals surface area contributed by atoms with Crippen LogP contribution < -0.4 is 11.1 Å². The summed E-state index contributed by atoms with van der Waals surface area (Å²) in [5.74, 6) is -0.194. The highest BCUT2D eigenvalue weighted by Crippen LogP contribution is 2.24. The van der Waals surface area contributed by atoms with Crippen molar-refractivity contribution in [2.45, 2.75) is 40.7 Å². The van der Waals surface area contributed by atoms with Gasteiger partial charge < -0.3 is 11.1 Å². The van der Waals surface area contributed by atoms with Gasteiger partial charge in [-0.05, 0) is 46.2 Å². The van der Waals surface area contributed by atoms with Crippen LogP contribution >= 0.6 is 0 Å². The summed E-state index contributed by atoms with van der Waals surface area (Å²) in [5, 5.41) is 7.42. The van der Waals surface area contributed by atoms with Crippen LogP contribution in [0, 0.1) is 20.8 Å². The van der Waals surface area contributed by atoms with Gasteiger partial charge in [-0.15, -0.1) is 0 Å². The number of hydrogen-bond acceptors (Lipinski definition) is 3. The lowest BCUT2D eigenvalue weighted by Gasteiger charge is -2.11. The zero-order valence-corrected chi connectivity index (χ0v) is 13.2. The number of anilines is 2. The number of carbonyl (C=O) groups is 1. The SMILES string of the molecule is Cc1cccc(N)c1C(=O)Nc1c(C)nn(C(C)C)c1C. The molecule has 1 amide bonds. The zero-order chi connectivity index (χ0) is 15.7. The number of benzene rings is 1. The van der Waals surface area contributed by atoms with Crippen molar-refractivity contribution in [2.24, 2.45) is 0 Å². The number of aromatic nitrogens is 2. The van der Waals surface area contributed by atoms with Gasteiger partial charge in [-0.1, -0.05) is 12.1 Å². The maximum Gasteiger partial charge on any atom is 0.258 e. The van der Waals surface area contributed by atoms with Crippen molar-refractivity contribution in [3.8, 4) is 0 Å². The molecule has 21 heavy (non-hydrogen) atoms. The van der Waals surface area contributed by atoms with E-state index in [2.05, 4.69) is 24.3 Å². The summed E-state index contributed by atoms with van der Waals surface area (Å²) in [4.78, 5) is 12.5. The Morgan fingerprint density at radius 1 is 1.29 bits per heavy atom. The lowest BCUT2D eigenvalue weighted by Crippen LogP contribution is -2.16. The minimum Gasteiger partial charge on any atom is -0.398 e. The molecule has 5 heteroatoms. The Hall–Kier alpha value is -2.30. The van der Waals surface area contributed by atoms with E-state index in [-0.39, 0.29) is 11.9 Å². The second kappa shape index (κ2) is 5.60. The minimum atomic E-state index is -0.194. The minimum absolute atomic E-state index is 0.194. The third-order valence-electron chi connectivity index (χ3n) is 3.58. The maximum atomic E-state index is 12.5. The number of nitrogen functional groups attached to an aromatic ring is 1. The first kappa shape index (κ1) is 15.1. The number of aryl methyl sites for hydroxylation is 2. The molecule has 0 aliphatic heterocycles. The summed E-state index contributed by atoms with van der Waals surface area (Å²) in [6.45, 7) is 9.84. The average molecular weight is 286 g/mol. The smallest absolute Gasteiger partial charge is 0.258 e. The van der Waals surface area contributed by atoms with Gasteiger partial charge in [-0.3, -0.25) is 9.48 Å². The van der Waals surface area contributed by atoms with Gasteiger partial charge in [0.25, 0.3) is 5.91 Å². The molecule has 0 saturated heterocycles. The van der Waals surface area contributed by atoms with Crippen LogP contribution in [-0.2, 0) is 0 Å². The summed E-state index contributed by atoms with van der Waals surface area (Å²) >= 11 is 0. The largest absolute Gasteiger partial charge is 0.398 e. The van der Waals surface area contributed by atoms with Crippen LogP contribution in [0.5, 0.6) is 0 Å². The molecule has 2 rings (SSSR count). The molecule has 0 fully saturated rings. The zero-order valence-electron chi connectivity index (χ0n) is 13.2. The quantitative estimate of drug-likeness (QED) is 0.851. The van der Waals surface area contributed by atoms with Gasteiger partial charge in [-0.2, -0.15) is 5.10 Å². The Labute approximate surface area is 125 Å². The molecule has 0 atom stereocenters. The highest BCUT2D eigenvalue weighted by molar-refractivity contribution is 6.09. The van der Waals surface area contributed by atoms with Gasteiger partial charge >= 0.3 is 0 Å². The summed E-state index contributed by atoms with van der Waals surface area (Å²) in [6.07, 6.45) is 0. The van der Waals surface area contributed by atoms with Crippen molar-refractivity contribution in [3.63, 3.8) is 0 Å². The van der Waals surface area contributed by atoms with E-state index in [1.165, 1.54) is 0 Å². The molecule has 0 radical (unpaired) electrons. The lowest BCUT2D eigenvalue weighted by atomic mass is 10.1. The molecule has 1 heterocycles. The van der Waals surface area contributed by atoms with Crippen molar-refractivity contribution in [2.75, 3.05) is 11.1 Å². The first-order valence-electron chi connectivity index (χ1n) is 7.05. The van der Waals surface area contributed by atoms with Crippen LogP contribution in [0.2, 0.25) is 0 Å². The molecular weight excluding hydrogens is 264 g/mol. The van der Waals surface area contributed by atoms with Crippen molar-refractivity contribution in [1.29, 1.82) is 0 Å². The molecule has 0 aliphatic carbocycles. The van der Waals surface area contributed by atoms with E-state index in [0.29, 0.717) is 11.3 Å². The topological polar surface area (TPSA) is 72.9 Å². The van der Waals surface area contributed by atoms with E-state index in [1.54, 1.807) is 6.07 Å². The van der Waals surface area contributed by atoms with Gasteiger partial charge in [-0.25, -0.2) is 0 Å². The van der Waals surface area contributed by atoms with Crippen molar-refractivity contribution >= 4 is 17.3 Å². The van der Waals surface area contributed by atoms with E-state index in [0.717, 1.165) is 22.6 Å². The molecule has 0 aliphatic rings. The molecule has 2 aromatic rings. The predicted octanol–water partition coefficient (Wildman–Crippen LogP) is 3.22. The molecule has 1 aromatic heterocycles. The predicted molar refractivity (Wildman–Crippen MR) is 85.6 cm³/mol. The molecule has 0 bridgehead atoms. The monoisotopic (exact) mass is 286 g/mol. The fourth-order valence-corrected chi connectivity index (χ4v) is 2.52. The summed E-state index contributed by atoms with van der Waals surface area (Å²) < 4.78 is 1.91. The van der Waals surface area contributed by atoms with Crippen LogP contribution in [0.3, 0.4) is 0 Å². The van der Waals surface area contributed by atoms with Gasteiger partial charge in [0.2, 0.25) is 0 Å². The van der Waals surface area contributed by atoms with Gasteiger partial charge in [0, 0.05) is 11.7 Å². The van der Waals surface area contributed by atoms with Crippen molar-refractivity contribution in [3.05, 3.63) is 40.7 Å². The average Bonchev–Trinajstić information content (AvgIpc) is 2.66. The normalized spacial score (nSPS) is 11.0. The third-order valence-corrected chi connectivity index (χ3v) is 3.58. The van der Waals surface area contributed by atoms with E-state index in [1.807, 2.05) is 37.6 Å². The van der Waals surface area contributed by atoms with E-state index >= 15 is 0 Å². The van der Waals surface area contributed by atoms with Crippen LogP contribution in [0.25, 0.3) is 0 Å². The standard InChI is InChI=1S/C16H22N4O/c1-9(2)20-12(5)15(11(4)19-20)18-16(21)14-10(3)7-6-8-13(14)17/h6-9H,17H2,1-5H3,(H,18,21). The van der Waals surface area contributed by atoms with Crippen LogP contribution in [0.15, 0.2) is 18.2 Å². The van der Waals surface area contributed by atoms with E-state index < -0.39 is 0 Å². The molecule has 5 nitrogen and oxygen atoms in total. The fraction of sp³-hybridized carbons (Fsp3) is 0.375. The highest BCUT2D eigenvalue weighted by atomic mass is 16.1. The second-order valence-corrected chi connectivity index (χ2v) is 5.58. The number of nitrogens with two attached hydrogens (primary N) is 1. The molecule has 0 saturated carbocycles. The molecule has 1 aromatic carbocycles. The summed E-state index contributed by atoms with van der Waals surface area (Å²) in [7, 11) is 0. The van der Waals surface area contributed by atoms with Gasteiger partial charge in [0.1, 0.15) is 0 Å². The van der Waals surface area contributed by atoms with Crippen LogP contribution in [0.4, 0.5) is 11.4 Å². The van der Waals surface area contributed by atoms with Gasteiger partial charge in [0.15, 0.2) is 0 Å². The Bertz CT molecular complexity index is 666. The van der Waals surface area contributed by atoms with Crippen molar-refractivity contribution in [1.82, 2.24) is 9.78 Å². The number of nitrogens with zero attached hydrogens (tertiary/aromatic N) is 2. The highest BCUT2D eigenvalue weighted by Gasteiger charge is 2.18. The van der Waals surface area contributed by atoms with Crippen LogP contribution in [-0.4, -0.2) is 15.7 Å². The van der Waals surface area contributed by atoms with Gasteiger partial charge in [0.05, 0.1) is 22.6 Å². The Balaban J connectivity index is 2.37. The molecule has 0 spiro atoms. The van der Waals surface area contributed by atoms with Crippen molar-refractivity contribution < 1.29 is 4.79 Å². The first-order valence-corrected chi connectivity index (χ1v) is 7.05. The lowest BCUT2D eigenvalue weighted by molar-refractivity contribution is 0.102.